The molecule has 0 spiro atoms. The van der Waals surface area contributed by atoms with Crippen LogP contribution in [0.4, 0.5) is 17.1 Å². The quantitative estimate of drug-likeness (QED) is 0.378. The van der Waals surface area contributed by atoms with Crippen molar-refractivity contribution >= 4 is 38.5 Å². The molecule has 0 aliphatic rings. The first-order chi connectivity index (χ1) is 8.20. The molecule has 0 amide bonds. The number of benzene rings is 1. The third kappa shape index (κ3) is 2.49. The average Bonchev–Trinajstić information content (AvgIpc) is 2.28. The molecule has 2 N–H and O–H groups in total. The lowest BCUT2D eigenvalue weighted by Crippen LogP contribution is -2.07. The lowest BCUT2D eigenvalue weighted by atomic mass is 10.2. The fraction of sp³-hybridized carbons (Fsp3) is 0.143. The van der Waals surface area contributed by atoms with Crippen molar-refractivity contribution in [2.75, 3.05) is 10.9 Å². The number of nitrogens with two attached hydrogens (primary N) is 1. The fourth-order valence-corrected chi connectivity index (χ4v) is 2.23. The summed E-state index contributed by atoms with van der Waals surface area (Å²) in [6.45, 7) is 0. The molecule has 0 aromatic heterocycles. The second-order valence-electron chi connectivity index (χ2n) is 3.11. The summed E-state index contributed by atoms with van der Waals surface area (Å²) in [4.78, 5) is 18.6. The zero-order valence-corrected chi connectivity index (χ0v) is 10.1. The minimum absolute atomic E-state index is 0.620. The number of nitro benzene ring substituents is 2. The van der Waals surface area contributed by atoms with Gasteiger partial charge >= 0.3 is 11.4 Å². The number of alkyl halides is 1. The molecule has 1 rings (SSSR count). The summed E-state index contributed by atoms with van der Waals surface area (Å²) < 4.78 is 22.9. The minimum atomic E-state index is -4.03. The van der Waals surface area contributed by atoms with Crippen LogP contribution in [0.5, 0.6) is 0 Å². The van der Waals surface area contributed by atoms with E-state index in [0.29, 0.717) is 12.1 Å². The topological polar surface area (TPSA) is 146 Å². The van der Waals surface area contributed by atoms with Gasteiger partial charge < -0.3 is 5.73 Å². The van der Waals surface area contributed by atoms with Crippen LogP contribution in [0.15, 0.2) is 17.0 Å². The highest BCUT2D eigenvalue weighted by Crippen LogP contribution is 2.34. The molecule has 0 aliphatic heterocycles. The summed E-state index contributed by atoms with van der Waals surface area (Å²) >= 11 is 5.17. The van der Waals surface area contributed by atoms with Crippen LogP contribution < -0.4 is 5.73 Å². The summed E-state index contributed by atoms with van der Waals surface area (Å²) in [5.41, 5.74) is 2.81. The van der Waals surface area contributed by atoms with E-state index in [2.05, 4.69) is 0 Å². The van der Waals surface area contributed by atoms with Crippen LogP contribution in [0, 0.1) is 20.2 Å². The van der Waals surface area contributed by atoms with Crippen molar-refractivity contribution in [3.8, 4) is 0 Å². The van der Waals surface area contributed by atoms with Crippen molar-refractivity contribution in [2.24, 2.45) is 0 Å². The maximum Gasteiger partial charge on any atom is 0.300 e. The van der Waals surface area contributed by atoms with E-state index in [1.54, 1.807) is 0 Å². The molecule has 18 heavy (non-hydrogen) atoms. The molecule has 11 heteroatoms. The normalized spacial score (nSPS) is 11.2. The Balaban J connectivity index is 3.69. The Morgan fingerprint density at radius 3 is 1.83 bits per heavy atom. The molecule has 0 aliphatic carbocycles. The summed E-state index contributed by atoms with van der Waals surface area (Å²) in [5.74, 6) is 0. The Morgan fingerprint density at radius 1 is 1.17 bits per heavy atom. The van der Waals surface area contributed by atoms with E-state index >= 15 is 0 Å². The van der Waals surface area contributed by atoms with E-state index < -0.39 is 46.9 Å². The van der Waals surface area contributed by atoms with Crippen molar-refractivity contribution in [1.29, 1.82) is 0 Å². The number of rotatable bonds is 4. The van der Waals surface area contributed by atoms with Gasteiger partial charge in [-0.3, -0.25) is 20.2 Å². The Hall–Kier alpha value is -1.94. The standard InChI is InChI=1S/C7H6ClN3O6S/c8-3-18(16,17)4-1-5(10(12)13)7(9)6(2-4)11(14)15/h1-2H,3,9H2. The number of nitro groups is 2. The van der Waals surface area contributed by atoms with E-state index in [9.17, 15) is 28.6 Å². The monoisotopic (exact) mass is 295 g/mol. The largest absolute Gasteiger partial charge is 0.387 e. The molecule has 9 nitrogen and oxygen atoms in total. The van der Waals surface area contributed by atoms with Crippen molar-refractivity contribution in [2.45, 2.75) is 4.90 Å². The first kappa shape index (κ1) is 14.1. The molecule has 0 unspecified atom stereocenters. The Labute approximate surface area is 105 Å². The maximum absolute atomic E-state index is 11.4. The molecule has 0 fully saturated rings. The van der Waals surface area contributed by atoms with Crippen molar-refractivity contribution in [3.05, 3.63) is 32.4 Å². The second kappa shape index (κ2) is 4.74. The SMILES string of the molecule is Nc1c([N+](=O)[O-])cc(S(=O)(=O)CCl)cc1[N+](=O)[O-]. The van der Waals surface area contributed by atoms with Crippen molar-refractivity contribution in [3.63, 3.8) is 0 Å². The van der Waals surface area contributed by atoms with Crippen LogP contribution in [0.3, 0.4) is 0 Å². The minimum Gasteiger partial charge on any atom is -0.387 e. The molecule has 1 aromatic rings. The number of anilines is 1. The van der Waals surface area contributed by atoms with Crippen LogP contribution in [0.1, 0.15) is 0 Å². The third-order valence-electron chi connectivity index (χ3n) is 2.01. The highest BCUT2D eigenvalue weighted by molar-refractivity contribution is 7.92. The molecule has 1 aromatic carbocycles. The summed E-state index contributed by atoms with van der Waals surface area (Å²) in [5, 5.41) is 20.4. The predicted octanol–water partition coefficient (Wildman–Crippen LogP) is 1.06. The number of hydrogen-bond donors (Lipinski definition) is 1. The lowest BCUT2D eigenvalue weighted by molar-refractivity contribution is -0.392. The predicted molar refractivity (Wildman–Crippen MR) is 62.1 cm³/mol. The number of nitrogen functional groups attached to an aromatic ring is 1. The first-order valence-electron chi connectivity index (χ1n) is 4.21. The van der Waals surface area contributed by atoms with Crippen LogP contribution in [0.25, 0.3) is 0 Å². The van der Waals surface area contributed by atoms with Gasteiger partial charge in [0, 0.05) is 12.1 Å². The van der Waals surface area contributed by atoms with E-state index in [0.717, 1.165) is 0 Å². The molecule has 0 saturated heterocycles. The van der Waals surface area contributed by atoms with Gasteiger partial charge in [-0.25, -0.2) is 8.42 Å². The number of halogens is 1. The van der Waals surface area contributed by atoms with Gasteiger partial charge in [0.15, 0.2) is 15.5 Å². The van der Waals surface area contributed by atoms with E-state index in [4.69, 9.17) is 17.3 Å². The van der Waals surface area contributed by atoms with Gasteiger partial charge in [-0.1, -0.05) is 0 Å². The molecule has 98 valence electrons. The second-order valence-corrected chi connectivity index (χ2v) is 5.69. The third-order valence-corrected chi connectivity index (χ3v) is 4.11. The Morgan fingerprint density at radius 2 is 1.56 bits per heavy atom. The molecule has 0 heterocycles. The van der Waals surface area contributed by atoms with Crippen LogP contribution in [-0.2, 0) is 9.84 Å². The summed E-state index contributed by atoms with van der Waals surface area (Å²) in [6, 6.07) is 1.28. The molecule has 0 bridgehead atoms. The smallest absolute Gasteiger partial charge is 0.300 e. The van der Waals surface area contributed by atoms with Gasteiger partial charge in [0.2, 0.25) is 0 Å². The lowest BCUT2D eigenvalue weighted by Gasteiger charge is -2.03. The van der Waals surface area contributed by atoms with Crippen LogP contribution in [-0.4, -0.2) is 23.5 Å². The number of sulfone groups is 1. The number of hydrogen-bond acceptors (Lipinski definition) is 7. The van der Waals surface area contributed by atoms with E-state index in [1.807, 2.05) is 0 Å². The van der Waals surface area contributed by atoms with Gasteiger partial charge in [-0.15, -0.1) is 11.6 Å². The van der Waals surface area contributed by atoms with Crippen molar-refractivity contribution < 1.29 is 18.3 Å². The van der Waals surface area contributed by atoms with Gasteiger partial charge in [0.1, 0.15) is 5.21 Å². The molecule has 0 atom stereocenters. The zero-order valence-electron chi connectivity index (χ0n) is 8.57. The van der Waals surface area contributed by atoms with Gasteiger partial charge in [0.25, 0.3) is 0 Å². The molecular weight excluding hydrogens is 290 g/mol. The van der Waals surface area contributed by atoms with Gasteiger partial charge in [-0.05, 0) is 0 Å². The van der Waals surface area contributed by atoms with Gasteiger partial charge in [0.05, 0.1) is 14.7 Å². The summed E-state index contributed by atoms with van der Waals surface area (Å²) in [6.07, 6.45) is 0. The van der Waals surface area contributed by atoms with Gasteiger partial charge in [-0.2, -0.15) is 0 Å². The maximum atomic E-state index is 11.4. The average molecular weight is 296 g/mol. The molecular formula is C7H6ClN3O6S. The Kier molecular flexibility index (Phi) is 3.72. The highest BCUT2D eigenvalue weighted by Gasteiger charge is 2.28. The van der Waals surface area contributed by atoms with E-state index in [-0.39, 0.29) is 0 Å². The van der Waals surface area contributed by atoms with Crippen LogP contribution in [0.2, 0.25) is 0 Å². The zero-order chi connectivity index (χ0) is 14.1. The molecule has 0 radical (unpaired) electrons. The molecule has 0 saturated carbocycles. The Bertz CT molecular complexity index is 593. The number of nitrogens with zero attached hydrogens (tertiary/aromatic N) is 2. The van der Waals surface area contributed by atoms with E-state index in [1.165, 1.54) is 0 Å². The fourth-order valence-electron chi connectivity index (χ4n) is 1.14. The van der Waals surface area contributed by atoms with Crippen LogP contribution >= 0.6 is 11.6 Å². The summed E-state index contributed by atoms with van der Waals surface area (Å²) in [7, 11) is -4.03. The first-order valence-corrected chi connectivity index (χ1v) is 6.40. The highest BCUT2D eigenvalue weighted by atomic mass is 35.5. The van der Waals surface area contributed by atoms with Crippen molar-refractivity contribution in [1.82, 2.24) is 0 Å².